The highest BCUT2D eigenvalue weighted by Crippen LogP contribution is 2.25. The van der Waals surface area contributed by atoms with Gasteiger partial charge in [0, 0.05) is 17.3 Å². The molecule has 1 amide bonds. The molecule has 0 aliphatic heterocycles. The third-order valence-corrected chi connectivity index (χ3v) is 5.45. The van der Waals surface area contributed by atoms with Crippen LogP contribution in [-0.2, 0) is 9.53 Å². The maximum Gasteiger partial charge on any atom is 0.328 e. The predicted molar refractivity (Wildman–Crippen MR) is 128 cm³/mol. The average molecular weight is 462 g/mol. The summed E-state index contributed by atoms with van der Waals surface area (Å²) < 4.78 is 4.84. The van der Waals surface area contributed by atoms with Gasteiger partial charge < -0.3 is 15.0 Å². The lowest BCUT2D eigenvalue weighted by Gasteiger charge is -2.17. The van der Waals surface area contributed by atoms with Crippen LogP contribution in [0.3, 0.4) is 0 Å². The summed E-state index contributed by atoms with van der Waals surface area (Å²) in [7, 11) is 1.30. The Labute approximate surface area is 196 Å². The lowest BCUT2D eigenvalue weighted by Crippen LogP contribution is -2.42. The minimum Gasteiger partial charge on any atom is -0.467 e. The molecule has 0 aliphatic rings. The number of hydrogen-bond acceptors (Lipinski definition) is 6. The zero-order valence-electron chi connectivity index (χ0n) is 18.3. The van der Waals surface area contributed by atoms with Gasteiger partial charge >= 0.3 is 5.97 Å². The predicted octanol–water partition coefficient (Wildman–Crippen LogP) is 3.34. The summed E-state index contributed by atoms with van der Waals surface area (Å²) in [5.41, 5.74) is 2.65. The number of carbonyl (C=O) groups excluding carboxylic acids is 3. The number of amides is 1. The van der Waals surface area contributed by atoms with Crippen LogP contribution in [0.25, 0.3) is 11.1 Å². The minimum atomic E-state index is -0.746. The smallest absolute Gasteiger partial charge is 0.328 e. The first-order valence-electron chi connectivity index (χ1n) is 10.2. The highest BCUT2D eigenvalue weighted by molar-refractivity contribution is 7.98. The Bertz CT molecular complexity index is 1180. The molecule has 2 aromatic carbocycles. The Hall–Kier alpha value is -3.83. The number of aromatic nitrogens is 2. The topological polar surface area (TPSA) is 101 Å². The number of ether oxygens (including phenoxy) is 1. The summed E-state index contributed by atoms with van der Waals surface area (Å²) in [6.07, 6.45) is 5.28. The lowest BCUT2D eigenvalue weighted by molar-refractivity contribution is -0.142. The molecule has 0 spiro atoms. The molecule has 0 fully saturated rings. The summed E-state index contributed by atoms with van der Waals surface area (Å²) >= 11 is 1.58. The molecule has 1 aromatic heterocycles. The van der Waals surface area contributed by atoms with Crippen molar-refractivity contribution in [2.45, 2.75) is 12.5 Å². The number of ketones is 1. The van der Waals surface area contributed by atoms with Crippen LogP contribution in [0.5, 0.6) is 0 Å². The quantitative estimate of drug-likeness (QED) is 0.303. The summed E-state index contributed by atoms with van der Waals surface area (Å²) in [6.45, 7) is 0. The molecule has 0 saturated carbocycles. The molecular formula is C25H23N3O4S. The van der Waals surface area contributed by atoms with Gasteiger partial charge in [-0.15, -0.1) is 0 Å². The van der Waals surface area contributed by atoms with Crippen molar-refractivity contribution in [1.29, 1.82) is 0 Å². The number of nitrogens with zero attached hydrogens (tertiary/aromatic N) is 1. The van der Waals surface area contributed by atoms with Crippen LogP contribution in [0, 0.1) is 11.8 Å². The minimum absolute atomic E-state index is 0.237. The molecular weight excluding hydrogens is 438 g/mol. The number of H-pyrrole nitrogens is 1. The van der Waals surface area contributed by atoms with Gasteiger partial charge in [0.25, 0.3) is 11.7 Å². The average Bonchev–Trinajstić information content (AvgIpc) is 3.40. The van der Waals surface area contributed by atoms with E-state index >= 15 is 0 Å². The van der Waals surface area contributed by atoms with Crippen molar-refractivity contribution in [2.24, 2.45) is 0 Å². The van der Waals surface area contributed by atoms with Crippen molar-refractivity contribution >= 4 is 29.4 Å². The fourth-order valence-corrected chi connectivity index (χ4v) is 3.59. The second kappa shape index (κ2) is 11.7. The highest BCUT2D eigenvalue weighted by atomic mass is 32.2. The molecule has 3 aromatic rings. The number of carbonyl (C=O) groups is 3. The maximum absolute atomic E-state index is 13.1. The van der Waals surface area contributed by atoms with E-state index in [0.717, 1.165) is 5.56 Å². The summed E-state index contributed by atoms with van der Waals surface area (Å²) in [5.74, 6) is 4.83. The monoisotopic (exact) mass is 461 g/mol. The van der Waals surface area contributed by atoms with Crippen molar-refractivity contribution in [3.05, 3.63) is 77.9 Å². The Kier molecular flexibility index (Phi) is 8.44. The molecule has 0 radical (unpaired) electrons. The lowest BCUT2D eigenvalue weighted by atomic mass is 9.96. The Balaban J connectivity index is 1.93. The number of methoxy groups -OCH3 is 1. The molecule has 0 saturated heterocycles. The number of thioether (sulfide) groups is 1. The van der Waals surface area contributed by atoms with Gasteiger partial charge in [-0.3, -0.25) is 9.59 Å². The van der Waals surface area contributed by atoms with E-state index in [0.29, 0.717) is 28.9 Å². The van der Waals surface area contributed by atoms with Crippen molar-refractivity contribution < 1.29 is 19.1 Å². The SMILES string of the molecule is COC(=O)C(CCSC)NC(=O)c1ccc(C#CC(=O)c2c[nH]cn2)cc1-c1ccccc1. The van der Waals surface area contributed by atoms with Crippen LogP contribution >= 0.6 is 11.8 Å². The van der Waals surface area contributed by atoms with E-state index in [1.54, 1.807) is 30.0 Å². The third-order valence-electron chi connectivity index (χ3n) is 4.80. The second-order valence-corrected chi connectivity index (χ2v) is 7.98. The number of nitrogens with one attached hydrogen (secondary N) is 2. The van der Waals surface area contributed by atoms with Crippen molar-refractivity contribution in [2.75, 3.05) is 19.1 Å². The molecule has 0 bridgehead atoms. The fourth-order valence-electron chi connectivity index (χ4n) is 3.12. The number of aromatic amines is 1. The van der Waals surface area contributed by atoms with Crippen LogP contribution < -0.4 is 5.32 Å². The molecule has 8 heteroatoms. The van der Waals surface area contributed by atoms with Crippen molar-refractivity contribution in [1.82, 2.24) is 15.3 Å². The van der Waals surface area contributed by atoms with Gasteiger partial charge in [0.05, 0.1) is 13.4 Å². The largest absolute Gasteiger partial charge is 0.467 e. The first-order chi connectivity index (χ1) is 16.0. The number of Topliss-reactive ketones (excluding diaryl/α,β-unsaturated/α-hetero) is 1. The summed E-state index contributed by atoms with van der Waals surface area (Å²) in [5, 5.41) is 2.79. The maximum atomic E-state index is 13.1. The van der Waals surface area contributed by atoms with Crippen LogP contribution in [0.4, 0.5) is 0 Å². The Morgan fingerprint density at radius 2 is 1.97 bits per heavy atom. The van der Waals surface area contributed by atoms with Gasteiger partial charge in [0.15, 0.2) is 0 Å². The second-order valence-electron chi connectivity index (χ2n) is 6.99. The van der Waals surface area contributed by atoms with Gasteiger partial charge in [0.1, 0.15) is 11.7 Å². The molecule has 168 valence electrons. The Morgan fingerprint density at radius 3 is 2.64 bits per heavy atom. The number of hydrogen-bond donors (Lipinski definition) is 2. The first kappa shape index (κ1) is 23.8. The van der Waals surface area contributed by atoms with Gasteiger partial charge in [-0.25, -0.2) is 9.78 Å². The molecule has 33 heavy (non-hydrogen) atoms. The normalized spacial score (nSPS) is 11.1. The van der Waals surface area contributed by atoms with Crippen LogP contribution in [0.2, 0.25) is 0 Å². The Morgan fingerprint density at radius 1 is 1.18 bits per heavy atom. The first-order valence-corrected chi connectivity index (χ1v) is 11.5. The zero-order valence-corrected chi connectivity index (χ0v) is 19.1. The summed E-state index contributed by atoms with van der Waals surface area (Å²) in [4.78, 5) is 44.0. The van der Waals surface area contributed by atoms with E-state index < -0.39 is 23.7 Å². The highest BCUT2D eigenvalue weighted by Gasteiger charge is 2.23. The number of esters is 1. The van der Waals surface area contributed by atoms with E-state index in [4.69, 9.17) is 4.74 Å². The number of benzene rings is 2. The molecule has 2 N–H and O–H groups in total. The van der Waals surface area contributed by atoms with Gasteiger partial charge in [-0.05, 0) is 53.7 Å². The molecule has 0 aliphatic carbocycles. The van der Waals surface area contributed by atoms with Crippen LogP contribution in [-0.4, -0.2) is 52.8 Å². The third kappa shape index (κ3) is 6.34. The summed E-state index contributed by atoms with van der Waals surface area (Å²) in [6, 6.07) is 13.7. The standard InChI is InChI=1S/C25H23N3O4S/c1-32-25(31)21(12-13-33-2)28-24(30)19-10-8-17(9-11-23(29)22-15-26-16-27-22)14-20(19)18-6-4-3-5-7-18/h3-8,10,14-16,21H,12-13H2,1-2H3,(H,26,27)(H,28,30). The van der Waals surface area contributed by atoms with Crippen molar-refractivity contribution in [3.8, 4) is 23.0 Å². The molecule has 1 atom stereocenters. The van der Waals surface area contributed by atoms with E-state index in [1.807, 2.05) is 36.6 Å². The van der Waals surface area contributed by atoms with Gasteiger partial charge in [-0.2, -0.15) is 11.8 Å². The number of rotatable bonds is 8. The molecule has 7 nitrogen and oxygen atoms in total. The number of imidazole rings is 1. The van der Waals surface area contributed by atoms with Gasteiger partial charge in [0.2, 0.25) is 0 Å². The van der Waals surface area contributed by atoms with E-state index in [1.165, 1.54) is 19.6 Å². The van der Waals surface area contributed by atoms with Crippen LogP contribution in [0.1, 0.15) is 32.8 Å². The van der Waals surface area contributed by atoms with Gasteiger partial charge in [-0.1, -0.05) is 36.3 Å². The van der Waals surface area contributed by atoms with E-state index in [-0.39, 0.29) is 5.69 Å². The molecule has 1 heterocycles. The van der Waals surface area contributed by atoms with Crippen LogP contribution in [0.15, 0.2) is 61.1 Å². The van der Waals surface area contributed by atoms with E-state index in [9.17, 15) is 14.4 Å². The fraction of sp³-hybridized carbons (Fsp3) is 0.200. The zero-order chi connectivity index (χ0) is 23.6. The molecule has 3 rings (SSSR count). The van der Waals surface area contributed by atoms with Crippen molar-refractivity contribution in [3.63, 3.8) is 0 Å². The molecule has 1 unspecified atom stereocenters. The van der Waals surface area contributed by atoms with E-state index in [2.05, 4.69) is 27.1 Å².